The van der Waals surface area contributed by atoms with E-state index < -0.39 is 6.04 Å². The fourth-order valence-corrected chi connectivity index (χ4v) is 2.08. The second kappa shape index (κ2) is 9.43. The summed E-state index contributed by atoms with van der Waals surface area (Å²) in [6.45, 7) is 0.486. The quantitative estimate of drug-likeness (QED) is 0.627. The number of nitrogens with one attached hydrogen (secondary N) is 2. The van der Waals surface area contributed by atoms with Gasteiger partial charge in [0.1, 0.15) is 0 Å². The lowest BCUT2D eigenvalue weighted by atomic mass is 10.1. The molecule has 6 heteroatoms. The number of rotatable bonds is 8. The molecule has 4 N–H and O–H groups in total. The van der Waals surface area contributed by atoms with Crippen LogP contribution in [-0.4, -0.2) is 30.4 Å². The van der Waals surface area contributed by atoms with Gasteiger partial charge in [-0.15, -0.1) is 12.4 Å². The summed E-state index contributed by atoms with van der Waals surface area (Å²) in [6.07, 6.45) is 3.80. The van der Waals surface area contributed by atoms with E-state index in [1.807, 2.05) is 30.3 Å². The normalized spacial score (nSPS) is 14.6. The summed E-state index contributed by atoms with van der Waals surface area (Å²) in [7, 11) is 0. The molecule has 0 saturated heterocycles. The predicted molar refractivity (Wildman–Crippen MR) is 88.8 cm³/mol. The fourth-order valence-electron chi connectivity index (χ4n) is 2.08. The molecule has 0 radical (unpaired) electrons. The molecule has 1 fully saturated rings. The van der Waals surface area contributed by atoms with Crippen LogP contribution in [0.2, 0.25) is 0 Å². The number of benzene rings is 1. The van der Waals surface area contributed by atoms with Gasteiger partial charge in [-0.2, -0.15) is 0 Å². The van der Waals surface area contributed by atoms with E-state index in [-0.39, 0.29) is 24.2 Å². The van der Waals surface area contributed by atoms with Gasteiger partial charge in [-0.05, 0) is 31.2 Å². The summed E-state index contributed by atoms with van der Waals surface area (Å²) in [4.78, 5) is 23.3. The molecule has 1 atom stereocenters. The molecule has 0 spiro atoms. The Bertz CT molecular complexity index is 478. The summed E-state index contributed by atoms with van der Waals surface area (Å²) < 4.78 is 0. The molecule has 1 aliphatic rings. The van der Waals surface area contributed by atoms with Crippen molar-refractivity contribution in [1.82, 2.24) is 10.6 Å². The third kappa shape index (κ3) is 6.91. The van der Waals surface area contributed by atoms with Gasteiger partial charge in [0.05, 0.1) is 6.04 Å². The lowest BCUT2D eigenvalue weighted by Gasteiger charge is -2.12. The van der Waals surface area contributed by atoms with E-state index in [1.165, 1.54) is 0 Å². The number of hydrogen-bond donors (Lipinski definition) is 3. The Morgan fingerprint density at radius 3 is 2.55 bits per heavy atom. The highest BCUT2D eigenvalue weighted by atomic mass is 35.5. The highest BCUT2D eigenvalue weighted by Crippen LogP contribution is 2.18. The highest BCUT2D eigenvalue weighted by Gasteiger charge is 2.22. The fraction of sp³-hybridized carbons (Fsp3) is 0.500. The average Bonchev–Trinajstić information content (AvgIpc) is 3.28. The Balaban J connectivity index is 0.00000242. The molecule has 2 rings (SSSR count). The first-order valence-electron chi connectivity index (χ1n) is 7.52. The monoisotopic (exact) mass is 325 g/mol. The molecule has 0 heterocycles. The van der Waals surface area contributed by atoms with E-state index in [1.54, 1.807) is 0 Å². The third-order valence-electron chi connectivity index (χ3n) is 3.46. The largest absolute Gasteiger partial charge is 0.355 e. The van der Waals surface area contributed by atoms with Gasteiger partial charge in [-0.25, -0.2) is 0 Å². The average molecular weight is 326 g/mol. The number of halogens is 1. The zero-order chi connectivity index (χ0) is 15.1. The van der Waals surface area contributed by atoms with Crippen molar-refractivity contribution >= 4 is 24.2 Å². The van der Waals surface area contributed by atoms with Gasteiger partial charge in [-0.1, -0.05) is 30.3 Å². The first-order chi connectivity index (χ1) is 10.1. The SMILES string of the molecule is Cl.N[C@@H](Cc1ccccc1)C(=O)NCCCC(=O)NC1CC1. The number of nitrogens with two attached hydrogens (primary N) is 1. The van der Waals surface area contributed by atoms with E-state index >= 15 is 0 Å². The highest BCUT2D eigenvalue weighted by molar-refractivity contribution is 5.85. The van der Waals surface area contributed by atoms with Gasteiger partial charge in [0.15, 0.2) is 0 Å². The molecule has 1 aliphatic carbocycles. The molecular weight excluding hydrogens is 302 g/mol. The van der Waals surface area contributed by atoms with Crippen molar-refractivity contribution in [3.05, 3.63) is 35.9 Å². The van der Waals surface area contributed by atoms with Gasteiger partial charge in [0, 0.05) is 19.0 Å². The summed E-state index contributed by atoms with van der Waals surface area (Å²) in [6, 6.07) is 9.54. The summed E-state index contributed by atoms with van der Waals surface area (Å²) >= 11 is 0. The van der Waals surface area contributed by atoms with Crippen LogP contribution in [0.4, 0.5) is 0 Å². The number of amides is 2. The maximum Gasteiger partial charge on any atom is 0.237 e. The van der Waals surface area contributed by atoms with Crippen LogP contribution in [0.5, 0.6) is 0 Å². The second-order valence-corrected chi connectivity index (χ2v) is 5.53. The van der Waals surface area contributed by atoms with Crippen LogP contribution in [-0.2, 0) is 16.0 Å². The molecule has 0 bridgehead atoms. The first kappa shape index (κ1) is 18.5. The molecule has 2 amide bonds. The van der Waals surface area contributed by atoms with Crippen molar-refractivity contribution in [3.8, 4) is 0 Å². The molecular formula is C16H24ClN3O2. The minimum atomic E-state index is -0.548. The van der Waals surface area contributed by atoms with Crippen molar-refractivity contribution < 1.29 is 9.59 Å². The maximum absolute atomic E-state index is 11.8. The first-order valence-corrected chi connectivity index (χ1v) is 7.52. The molecule has 122 valence electrons. The van der Waals surface area contributed by atoms with Crippen molar-refractivity contribution in [3.63, 3.8) is 0 Å². The minimum Gasteiger partial charge on any atom is -0.355 e. The van der Waals surface area contributed by atoms with Crippen LogP contribution in [0.15, 0.2) is 30.3 Å². The molecule has 22 heavy (non-hydrogen) atoms. The zero-order valence-corrected chi connectivity index (χ0v) is 13.4. The minimum absolute atomic E-state index is 0. The molecule has 1 aromatic carbocycles. The van der Waals surface area contributed by atoms with E-state index in [9.17, 15) is 9.59 Å². The Labute approximate surface area is 137 Å². The van der Waals surface area contributed by atoms with Crippen molar-refractivity contribution in [2.45, 2.75) is 44.2 Å². The van der Waals surface area contributed by atoms with Crippen LogP contribution in [0.3, 0.4) is 0 Å². The van der Waals surface area contributed by atoms with E-state index in [4.69, 9.17) is 5.73 Å². The second-order valence-electron chi connectivity index (χ2n) is 5.53. The molecule has 1 aromatic rings. The Hall–Kier alpha value is -1.59. The standard InChI is InChI=1S/C16H23N3O2.ClH/c17-14(11-12-5-2-1-3-6-12)16(21)18-10-4-7-15(20)19-13-8-9-13;/h1-3,5-6,13-14H,4,7-11,17H2,(H,18,21)(H,19,20);1H/t14-;/m0./s1. The molecule has 0 aromatic heterocycles. The van der Waals surface area contributed by atoms with E-state index in [2.05, 4.69) is 10.6 Å². The van der Waals surface area contributed by atoms with Gasteiger partial charge in [-0.3, -0.25) is 9.59 Å². The predicted octanol–water partition coefficient (Wildman–Crippen LogP) is 1.15. The maximum atomic E-state index is 11.8. The van der Waals surface area contributed by atoms with Gasteiger partial charge in [0.2, 0.25) is 11.8 Å². The van der Waals surface area contributed by atoms with Crippen molar-refractivity contribution in [2.75, 3.05) is 6.54 Å². The number of hydrogen-bond acceptors (Lipinski definition) is 3. The zero-order valence-electron chi connectivity index (χ0n) is 12.6. The smallest absolute Gasteiger partial charge is 0.237 e. The van der Waals surface area contributed by atoms with Crippen LogP contribution >= 0.6 is 12.4 Å². The number of carbonyl (C=O) groups excluding carboxylic acids is 2. The van der Waals surface area contributed by atoms with E-state index in [0.29, 0.717) is 31.8 Å². The third-order valence-corrected chi connectivity index (χ3v) is 3.46. The van der Waals surface area contributed by atoms with E-state index in [0.717, 1.165) is 18.4 Å². The van der Waals surface area contributed by atoms with Gasteiger partial charge in [0.25, 0.3) is 0 Å². The number of carbonyl (C=O) groups is 2. The molecule has 5 nitrogen and oxygen atoms in total. The van der Waals surface area contributed by atoms with Gasteiger partial charge < -0.3 is 16.4 Å². The summed E-state index contributed by atoms with van der Waals surface area (Å²) in [5.41, 5.74) is 6.92. The van der Waals surface area contributed by atoms with Crippen LogP contribution in [0.25, 0.3) is 0 Å². The van der Waals surface area contributed by atoms with Crippen LogP contribution in [0.1, 0.15) is 31.2 Å². The molecule has 0 aliphatic heterocycles. The topological polar surface area (TPSA) is 84.2 Å². The van der Waals surface area contributed by atoms with Gasteiger partial charge >= 0.3 is 0 Å². The lowest BCUT2D eigenvalue weighted by molar-refractivity contribution is -0.123. The van der Waals surface area contributed by atoms with Crippen molar-refractivity contribution in [2.24, 2.45) is 5.73 Å². The Morgan fingerprint density at radius 1 is 1.23 bits per heavy atom. The Morgan fingerprint density at radius 2 is 1.91 bits per heavy atom. The van der Waals surface area contributed by atoms with Crippen molar-refractivity contribution in [1.29, 1.82) is 0 Å². The van der Waals surface area contributed by atoms with Crippen LogP contribution in [0, 0.1) is 0 Å². The van der Waals surface area contributed by atoms with Crippen LogP contribution < -0.4 is 16.4 Å². The Kier molecular flexibility index (Phi) is 7.91. The lowest BCUT2D eigenvalue weighted by Crippen LogP contribution is -2.42. The summed E-state index contributed by atoms with van der Waals surface area (Å²) in [5, 5.41) is 5.70. The molecule has 0 unspecified atom stereocenters. The summed E-state index contributed by atoms with van der Waals surface area (Å²) in [5.74, 6) is -0.0956. The molecule has 1 saturated carbocycles.